The van der Waals surface area contributed by atoms with Gasteiger partial charge in [0.1, 0.15) is 5.75 Å². The van der Waals surface area contributed by atoms with Crippen LogP contribution in [0.5, 0.6) is 5.75 Å². The third-order valence-corrected chi connectivity index (χ3v) is 3.56. The van der Waals surface area contributed by atoms with Gasteiger partial charge in [-0.1, -0.05) is 64.5 Å². The summed E-state index contributed by atoms with van der Waals surface area (Å²) in [6.45, 7) is 0.789. The monoisotopic (exact) mass is 318 g/mol. The van der Waals surface area contributed by atoms with E-state index in [1.165, 1.54) is 11.1 Å². The smallest absolute Gasteiger partial charge is 0.122 e. The molecule has 2 aromatic rings. The van der Waals surface area contributed by atoms with Gasteiger partial charge in [-0.2, -0.15) is 0 Å². The van der Waals surface area contributed by atoms with Crippen LogP contribution in [0.15, 0.2) is 54.6 Å². The molecular formula is C17H19BrO. The van der Waals surface area contributed by atoms with Crippen molar-refractivity contribution in [2.24, 2.45) is 0 Å². The van der Waals surface area contributed by atoms with Gasteiger partial charge in [-0.3, -0.25) is 0 Å². The second-order valence-electron chi connectivity index (χ2n) is 4.51. The molecule has 0 bridgehead atoms. The maximum absolute atomic E-state index is 5.89. The summed E-state index contributed by atoms with van der Waals surface area (Å²) in [5, 5.41) is 1.04. The first-order chi connectivity index (χ1) is 9.40. The minimum absolute atomic E-state index is 0.789. The molecule has 2 aromatic carbocycles. The van der Waals surface area contributed by atoms with Crippen LogP contribution in [0.3, 0.4) is 0 Å². The summed E-state index contributed by atoms with van der Waals surface area (Å²) in [4.78, 5) is 0. The number of ether oxygens (including phenoxy) is 1. The zero-order valence-electron chi connectivity index (χ0n) is 11.0. The SMILES string of the molecule is BrCCCCOc1ccccc1Cc1ccccc1. The first-order valence-corrected chi connectivity index (χ1v) is 7.83. The molecule has 0 aliphatic heterocycles. The highest BCUT2D eigenvalue weighted by Gasteiger charge is 2.03. The van der Waals surface area contributed by atoms with E-state index >= 15 is 0 Å². The topological polar surface area (TPSA) is 9.23 Å². The molecule has 0 amide bonds. The lowest BCUT2D eigenvalue weighted by Crippen LogP contribution is -2.01. The molecule has 0 atom stereocenters. The van der Waals surface area contributed by atoms with Crippen LogP contribution < -0.4 is 4.74 Å². The average molecular weight is 319 g/mol. The van der Waals surface area contributed by atoms with Crippen LogP contribution >= 0.6 is 15.9 Å². The number of hydrogen-bond donors (Lipinski definition) is 0. The van der Waals surface area contributed by atoms with E-state index < -0.39 is 0 Å². The van der Waals surface area contributed by atoms with E-state index in [2.05, 4.69) is 58.4 Å². The fourth-order valence-corrected chi connectivity index (χ4v) is 2.38. The Labute approximate surface area is 123 Å². The van der Waals surface area contributed by atoms with Crippen molar-refractivity contribution in [2.75, 3.05) is 11.9 Å². The van der Waals surface area contributed by atoms with Crippen LogP contribution in [-0.2, 0) is 6.42 Å². The lowest BCUT2D eigenvalue weighted by Gasteiger charge is -2.11. The Bertz CT molecular complexity index is 482. The summed E-state index contributed by atoms with van der Waals surface area (Å²) in [6.07, 6.45) is 3.17. The Morgan fingerprint density at radius 2 is 1.58 bits per heavy atom. The second kappa shape index (κ2) is 8.00. The molecule has 0 saturated heterocycles. The van der Waals surface area contributed by atoms with Crippen molar-refractivity contribution < 1.29 is 4.74 Å². The number of benzene rings is 2. The lowest BCUT2D eigenvalue weighted by molar-refractivity contribution is 0.307. The van der Waals surface area contributed by atoms with Gasteiger partial charge in [0.15, 0.2) is 0 Å². The van der Waals surface area contributed by atoms with E-state index in [4.69, 9.17) is 4.74 Å². The van der Waals surface area contributed by atoms with Gasteiger partial charge < -0.3 is 4.74 Å². The number of alkyl halides is 1. The van der Waals surface area contributed by atoms with Crippen molar-refractivity contribution in [3.8, 4) is 5.75 Å². The Morgan fingerprint density at radius 1 is 0.842 bits per heavy atom. The summed E-state index contributed by atoms with van der Waals surface area (Å²) in [5.41, 5.74) is 2.58. The van der Waals surface area contributed by atoms with Gasteiger partial charge in [-0.15, -0.1) is 0 Å². The quantitative estimate of drug-likeness (QED) is 0.524. The molecular weight excluding hydrogens is 300 g/mol. The molecule has 19 heavy (non-hydrogen) atoms. The fourth-order valence-electron chi connectivity index (χ4n) is 1.99. The molecule has 0 aromatic heterocycles. The standard InChI is InChI=1S/C17H19BrO/c18-12-6-7-13-19-17-11-5-4-10-16(17)14-15-8-2-1-3-9-15/h1-5,8-11H,6-7,12-14H2. The molecule has 2 rings (SSSR count). The Morgan fingerprint density at radius 3 is 2.37 bits per heavy atom. The van der Waals surface area contributed by atoms with Crippen molar-refractivity contribution in [3.05, 3.63) is 65.7 Å². The minimum atomic E-state index is 0.789. The predicted molar refractivity (Wildman–Crippen MR) is 84.2 cm³/mol. The van der Waals surface area contributed by atoms with E-state index in [1.807, 2.05) is 12.1 Å². The molecule has 0 heterocycles. The predicted octanol–water partition coefficient (Wildman–Crippen LogP) is 4.83. The van der Waals surface area contributed by atoms with Gasteiger partial charge >= 0.3 is 0 Å². The van der Waals surface area contributed by atoms with E-state index in [9.17, 15) is 0 Å². The number of unbranched alkanes of at least 4 members (excludes halogenated alkanes) is 1. The van der Waals surface area contributed by atoms with Crippen molar-refractivity contribution in [1.29, 1.82) is 0 Å². The lowest BCUT2D eigenvalue weighted by atomic mass is 10.0. The first-order valence-electron chi connectivity index (χ1n) is 6.71. The normalized spacial score (nSPS) is 10.4. The van der Waals surface area contributed by atoms with Gasteiger partial charge in [0.2, 0.25) is 0 Å². The van der Waals surface area contributed by atoms with E-state index in [0.717, 1.165) is 36.9 Å². The van der Waals surface area contributed by atoms with E-state index in [-0.39, 0.29) is 0 Å². The first kappa shape index (κ1) is 14.1. The highest BCUT2D eigenvalue weighted by atomic mass is 79.9. The summed E-state index contributed by atoms with van der Waals surface area (Å²) < 4.78 is 5.89. The van der Waals surface area contributed by atoms with Crippen molar-refractivity contribution in [3.63, 3.8) is 0 Å². The zero-order chi connectivity index (χ0) is 13.3. The van der Waals surface area contributed by atoms with Crippen molar-refractivity contribution in [2.45, 2.75) is 19.3 Å². The largest absolute Gasteiger partial charge is 0.493 e. The maximum atomic E-state index is 5.89. The maximum Gasteiger partial charge on any atom is 0.122 e. The minimum Gasteiger partial charge on any atom is -0.493 e. The molecule has 0 unspecified atom stereocenters. The van der Waals surface area contributed by atoms with Crippen molar-refractivity contribution in [1.82, 2.24) is 0 Å². The third kappa shape index (κ3) is 4.71. The van der Waals surface area contributed by atoms with Gasteiger partial charge in [0.05, 0.1) is 6.61 Å². The molecule has 1 nitrogen and oxygen atoms in total. The van der Waals surface area contributed by atoms with Crippen LogP contribution in [0.25, 0.3) is 0 Å². The molecule has 0 fully saturated rings. The van der Waals surface area contributed by atoms with Gasteiger partial charge in [-0.05, 0) is 30.0 Å². The number of para-hydroxylation sites is 1. The van der Waals surface area contributed by atoms with Crippen LogP contribution in [0.1, 0.15) is 24.0 Å². The van der Waals surface area contributed by atoms with Crippen LogP contribution in [0.2, 0.25) is 0 Å². The zero-order valence-corrected chi connectivity index (χ0v) is 12.6. The molecule has 0 spiro atoms. The fraction of sp³-hybridized carbons (Fsp3) is 0.294. The third-order valence-electron chi connectivity index (χ3n) is 3.00. The van der Waals surface area contributed by atoms with Crippen LogP contribution in [-0.4, -0.2) is 11.9 Å². The Hall–Kier alpha value is -1.28. The molecule has 0 aliphatic rings. The van der Waals surface area contributed by atoms with E-state index in [0.29, 0.717) is 0 Å². The summed E-state index contributed by atoms with van der Waals surface area (Å²) in [5.74, 6) is 1.01. The average Bonchev–Trinajstić information content (AvgIpc) is 2.46. The highest BCUT2D eigenvalue weighted by Crippen LogP contribution is 2.21. The molecule has 100 valence electrons. The van der Waals surface area contributed by atoms with Gasteiger partial charge in [0, 0.05) is 11.8 Å². The number of rotatable bonds is 7. The molecule has 0 saturated carbocycles. The van der Waals surface area contributed by atoms with Gasteiger partial charge in [0.25, 0.3) is 0 Å². The molecule has 0 aliphatic carbocycles. The summed E-state index contributed by atoms with van der Waals surface area (Å²) in [6, 6.07) is 18.8. The molecule has 2 heteroatoms. The van der Waals surface area contributed by atoms with Crippen LogP contribution in [0.4, 0.5) is 0 Å². The van der Waals surface area contributed by atoms with Crippen molar-refractivity contribution >= 4 is 15.9 Å². The summed E-state index contributed by atoms with van der Waals surface area (Å²) >= 11 is 3.44. The van der Waals surface area contributed by atoms with E-state index in [1.54, 1.807) is 0 Å². The number of hydrogen-bond acceptors (Lipinski definition) is 1. The Balaban J connectivity index is 2.00. The highest BCUT2D eigenvalue weighted by molar-refractivity contribution is 9.09. The number of halogens is 1. The van der Waals surface area contributed by atoms with Gasteiger partial charge in [-0.25, -0.2) is 0 Å². The summed E-state index contributed by atoms with van der Waals surface area (Å²) in [7, 11) is 0. The molecule has 0 N–H and O–H groups in total. The molecule has 0 radical (unpaired) electrons. The Kier molecular flexibility index (Phi) is 5.96. The second-order valence-corrected chi connectivity index (χ2v) is 5.31. The van der Waals surface area contributed by atoms with Crippen LogP contribution in [0, 0.1) is 0 Å².